The number of amides is 1. The number of benzene rings is 2. The zero-order valence-corrected chi connectivity index (χ0v) is 14.9. The molecule has 0 unspecified atom stereocenters. The Morgan fingerprint density at radius 1 is 1.21 bits per heavy atom. The number of carbonyl (C=O) groups excluding carboxylic acids is 1. The number of nitro benzene ring substituents is 1. The molecule has 1 atom stereocenters. The Morgan fingerprint density at radius 2 is 2.00 bits per heavy atom. The number of rotatable bonds is 4. The van der Waals surface area contributed by atoms with Gasteiger partial charge in [-0.15, -0.1) is 0 Å². The monoisotopic (exact) mass is 380 g/mol. The fraction of sp³-hybridized carbons (Fsp3) is 0.200. The summed E-state index contributed by atoms with van der Waals surface area (Å²) in [5.74, 6) is -0.619. The highest BCUT2D eigenvalue weighted by molar-refractivity contribution is 5.99. The molecule has 1 aromatic heterocycles. The Labute approximate surface area is 158 Å². The van der Waals surface area contributed by atoms with Crippen molar-refractivity contribution >= 4 is 22.6 Å². The van der Waals surface area contributed by atoms with Gasteiger partial charge in [-0.3, -0.25) is 19.7 Å². The third kappa shape index (κ3) is 2.66. The van der Waals surface area contributed by atoms with Crippen molar-refractivity contribution in [3.63, 3.8) is 0 Å². The summed E-state index contributed by atoms with van der Waals surface area (Å²) in [5.41, 5.74) is 1.20. The van der Waals surface area contributed by atoms with Crippen molar-refractivity contribution in [3.8, 4) is 0 Å². The average molecular weight is 380 g/mol. The van der Waals surface area contributed by atoms with Crippen LogP contribution in [0.4, 0.5) is 5.69 Å². The molecular weight excluding hydrogens is 364 g/mol. The van der Waals surface area contributed by atoms with E-state index in [4.69, 9.17) is 4.42 Å². The van der Waals surface area contributed by atoms with Crippen molar-refractivity contribution < 1.29 is 19.2 Å². The van der Waals surface area contributed by atoms with Gasteiger partial charge in [-0.2, -0.15) is 0 Å². The Morgan fingerprint density at radius 3 is 2.71 bits per heavy atom. The van der Waals surface area contributed by atoms with E-state index in [1.54, 1.807) is 24.3 Å². The minimum Gasteiger partial charge on any atom is -0.450 e. The van der Waals surface area contributed by atoms with Gasteiger partial charge in [0.05, 0.1) is 28.5 Å². The van der Waals surface area contributed by atoms with Gasteiger partial charge in [-0.1, -0.05) is 23.8 Å². The van der Waals surface area contributed by atoms with E-state index in [-0.39, 0.29) is 35.6 Å². The predicted molar refractivity (Wildman–Crippen MR) is 100 cm³/mol. The Kier molecular flexibility index (Phi) is 4.20. The van der Waals surface area contributed by atoms with E-state index < -0.39 is 16.9 Å². The third-order valence-electron chi connectivity index (χ3n) is 4.86. The van der Waals surface area contributed by atoms with Crippen molar-refractivity contribution in [2.75, 3.05) is 13.2 Å². The molecule has 1 amide bonds. The summed E-state index contributed by atoms with van der Waals surface area (Å²) >= 11 is 0. The molecule has 1 aliphatic heterocycles. The lowest BCUT2D eigenvalue weighted by Gasteiger charge is -2.24. The summed E-state index contributed by atoms with van der Waals surface area (Å²) in [4.78, 5) is 38.1. The van der Waals surface area contributed by atoms with Crippen molar-refractivity contribution in [1.29, 1.82) is 0 Å². The second-order valence-electron chi connectivity index (χ2n) is 6.65. The summed E-state index contributed by atoms with van der Waals surface area (Å²) in [6.07, 6.45) is 0. The maximum absolute atomic E-state index is 13.2. The van der Waals surface area contributed by atoms with Crippen LogP contribution in [0.1, 0.15) is 33.3 Å². The molecule has 1 N–H and O–H groups in total. The van der Waals surface area contributed by atoms with Gasteiger partial charge in [0.25, 0.3) is 11.6 Å². The smallest absolute Gasteiger partial charge is 0.290 e. The molecule has 8 heteroatoms. The molecule has 0 fully saturated rings. The largest absolute Gasteiger partial charge is 0.450 e. The Balaban J connectivity index is 2.01. The molecular formula is C20H16N2O6. The van der Waals surface area contributed by atoms with E-state index in [2.05, 4.69) is 0 Å². The van der Waals surface area contributed by atoms with Crippen LogP contribution in [0.25, 0.3) is 11.0 Å². The van der Waals surface area contributed by atoms with Crippen molar-refractivity contribution in [1.82, 2.24) is 4.90 Å². The molecule has 2 heterocycles. The van der Waals surface area contributed by atoms with Gasteiger partial charge in [-0.25, -0.2) is 0 Å². The van der Waals surface area contributed by atoms with Crippen LogP contribution in [0.2, 0.25) is 0 Å². The average Bonchev–Trinajstić information content (AvgIpc) is 2.95. The van der Waals surface area contributed by atoms with Gasteiger partial charge in [-0.05, 0) is 24.6 Å². The number of carbonyl (C=O) groups is 1. The lowest BCUT2D eigenvalue weighted by atomic mass is 9.98. The molecule has 28 heavy (non-hydrogen) atoms. The van der Waals surface area contributed by atoms with Crippen LogP contribution in [0.15, 0.2) is 51.7 Å². The first-order valence-electron chi connectivity index (χ1n) is 8.66. The van der Waals surface area contributed by atoms with Crippen LogP contribution in [-0.4, -0.2) is 34.0 Å². The number of nitrogens with zero attached hydrogens (tertiary/aromatic N) is 2. The van der Waals surface area contributed by atoms with Crippen LogP contribution < -0.4 is 5.43 Å². The molecule has 2 aromatic carbocycles. The van der Waals surface area contributed by atoms with Crippen LogP contribution in [0, 0.1) is 17.0 Å². The second kappa shape index (κ2) is 6.58. The molecule has 0 radical (unpaired) electrons. The summed E-state index contributed by atoms with van der Waals surface area (Å²) < 4.78 is 5.75. The highest BCUT2D eigenvalue weighted by atomic mass is 16.6. The first-order chi connectivity index (χ1) is 13.4. The predicted octanol–water partition coefficient (Wildman–Crippen LogP) is 2.55. The lowest BCUT2D eigenvalue weighted by molar-refractivity contribution is -0.384. The SMILES string of the molecule is Cc1ccc2oc3c(c(=O)c2c1)[C@@H](c1cccc([N+](=O)[O-])c1)N(CCO)C3=O. The molecule has 8 nitrogen and oxygen atoms in total. The summed E-state index contributed by atoms with van der Waals surface area (Å²) in [6, 6.07) is 10.0. The quantitative estimate of drug-likeness (QED) is 0.550. The van der Waals surface area contributed by atoms with E-state index >= 15 is 0 Å². The second-order valence-corrected chi connectivity index (χ2v) is 6.65. The summed E-state index contributed by atoms with van der Waals surface area (Å²) in [7, 11) is 0. The van der Waals surface area contributed by atoms with Gasteiger partial charge in [0.15, 0.2) is 5.43 Å². The number of aryl methyl sites for hydroxylation is 1. The van der Waals surface area contributed by atoms with E-state index in [9.17, 15) is 24.8 Å². The van der Waals surface area contributed by atoms with Crippen LogP contribution in [0.5, 0.6) is 0 Å². The van der Waals surface area contributed by atoms with Gasteiger partial charge in [0, 0.05) is 18.7 Å². The minimum absolute atomic E-state index is 0.0365. The number of aliphatic hydroxyl groups excluding tert-OH is 1. The maximum atomic E-state index is 13.2. The van der Waals surface area contributed by atoms with Crippen LogP contribution in [-0.2, 0) is 0 Å². The number of aliphatic hydroxyl groups is 1. The van der Waals surface area contributed by atoms with E-state index in [0.29, 0.717) is 16.5 Å². The highest BCUT2D eigenvalue weighted by Gasteiger charge is 2.42. The highest BCUT2D eigenvalue weighted by Crippen LogP contribution is 2.38. The molecule has 0 saturated heterocycles. The molecule has 0 aliphatic carbocycles. The van der Waals surface area contributed by atoms with Crippen molar-refractivity contribution in [2.24, 2.45) is 0 Å². The van der Waals surface area contributed by atoms with Gasteiger partial charge in [0.1, 0.15) is 5.58 Å². The topological polar surface area (TPSA) is 114 Å². The molecule has 1 aliphatic rings. The maximum Gasteiger partial charge on any atom is 0.290 e. The third-order valence-corrected chi connectivity index (χ3v) is 4.86. The summed E-state index contributed by atoms with van der Waals surface area (Å²) in [6.45, 7) is 1.48. The van der Waals surface area contributed by atoms with E-state index in [1.165, 1.54) is 23.1 Å². The molecule has 142 valence electrons. The number of β-amino-alcohol motifs (C(OH)–C–C–N with tert-alkyl or cyclic N) is 1. The molecule has 0 spiro atoms. The number of nitro groups is 1. The minimum atomic E-state index is -0.865. The number of non-ortho nitro benzene ring substituents is 1. The molecule has 0 bridgehead atoms. The Bertz CT molecular complexity index is 1180. The van der Waals surface area contributed by atoms with Crippen molar-refractivity contribution in [3.05, 3.63) is 85.3 Å². The molecule has 4 rings (SSSR count). The Hall–Kier alpha value is -3.52. The fourth-order valence-electron chi connectivity index (χ4n) is 3.63. The first-order valence-corrected chi connectivity index (χ1v) is 8.66. The molecule has 0 saturated carbocycles. The fourth-order valence-corrected chi connectivity index (χ4v) is 3.63. The lowest BCUT2D eigenvalue weighted by Crippen LogP contribution is -2.32. The van der Waals surface area contributed by atoms with E-state index in [1.807, 2.05) is 6.92 Å². The van der Waals surface area contributed by atoms with Crippen LogP contribution in [0.3, 0.4) is 0 Å². The van der Waals surface area contributed by atoms with E-state index in [0.717, 1.165) is 5.56 Å². The van der Waals surface area contributed by atoms with Crippen molar-refractivity contribution in [2.45, 2.75) is 13.0 Å². The normalized spacial score (nSPS) is 15.9. The number of hydrogen-bond acceptors (Lipinski definition) is 6. The van der Waals surface area contributed by atoms with Gasteiger partial charge >= 0.3 is 0 Å². The zero-order chi connectivity index (χ0) is 20.0. The molecule has 3 aromatic rings. The number of fused-ring (bicyclic) bond motifs is 2. The standard InChI is InChI=1S/C20H16N2O6/c1-11-5-6-15-14(9-11)18(24)16-17(12-3-2-4-13(10-12)22(26)27)21(7-8-23)20(25)19(16)28-15/h2-6,9-10,17,23H,7-8H2,1H3/t17-/m1/s1. The van der Waals surface area contributed by atoms with Gasteiger partial charge in [0.2, 0.25) is 5.76 Å². The zero-order valence-electron chi connectivity index (χ0n) is 14.9. The van der Waals surface area contributed by atoms with Gasteiger partial charge < -0.3 is 14.4 Å². The summed E-state index contributed by atoms with van der Waals surface area (Å²) in [5, 5.41) is 20.9. The van der Waals surface area contributed by atoms with Crippen LogP contribution >= 0.6 is 0 Å². The first kappa shape index (κ1) is 17.9. The number of hydrogen-bond donors (Lipinski definition) is 1.